The van der Waals surface area contributed by atoms with Gasteiger partial charge in [-0.3, -0.25) is 0 Å². The molecule has 4 aromatic rings. The lowest BCUT2D eigenvalue weighted by Gasteiger charge is -2.28. The second kappa shape index (κ2) is 11.5. The van der Waals surface area contributed by atoms with Gasteiger partial charge in [0.2, 0.25) is 16.0 Å². The molecular formula is C26H27Cl2N5O2S2. The number of nitrogens with one attached hydrogen (secondary N) is 3. The highest BCUT2D eigenvalue weighted by molar-refractivity contribution is 7.89. The zero-order valence-corrected chi connectivity index (χ0v) is 23.1. The number of hydrogen-bond donors (Lipinski definition) is 3. The standard InChI is InChI=1S/C26H27Cl2N5O2S2/c27-23-14-22(24(28)36-23)37(34,35)30-16-18-12-10-17(11-13-18)15-29-26-32-21-9-5-4-8-20(21)25(33-26)31-19-6-2-1-3-7-19/h1-9,14,17-18,30H,10-13,15-16H2,(H2,29,31,32,33). The molecule has 2 heterocycles. The Bertz CT molecular complexity index is 1470. The number of thiophene rings is 1. The van der Waals surface area contributed by atoms with Crippen molar-refractivity contribution in [1.82, 2.24) is 14.7 Å². The summed E-state index contributed by atoms with van der Waals surface area (Å²) in [5.41, 5.74) is 1.84. The van der Waals surface area contributed by atoms with Gasteiger partial charge in [0, 0.05) is 24.2 Å². The Kier molecular flexibility index (Phi) is 8.16. The molecule has 1 aliphatic rings. The van der Waals surface area contributed by atoms with Gasteiger partial charge in [-0.1, -0.05) is 53.5 Å². The third-order valence-electron chi connectivity index (χ3n) is 6.63. The van der Waals surface area contributed by atoms with Crippen LogP contribution in [-0.4, -0.2) is 31.5 Å². The van der Waals surface area contributed by atoms with Crippen molar-refractivity contribution >= 4 is 72.9 Å². The molecule has 0 radical (unpaired) electrons. The van der Waals surface area contributed by atoms with Gasteiger partial charge in [0.15, 0.2) is 0 Å². The molecule has 0 unspecified atom stereocenters. The van der Waals surface area contributed by atoms with E-state index in [9.17, 15) is 8.42 Å². The summed E-state index contributed by atoms with van der Waals surface area (Å²) in [7, 11) is -3.66. The van der Waals surface area contributed by atoms with E-state index in [0.29, 0.717) is 22.7 Å². The van der Waals surface area contributed by atoms with Gasteiger partial charge in [-0.2, -0.15) is 4.98 Å². The summed E-state index contributed by atoms with van der Waals surface area (Å²) >= 11 is 13.0. The quantitative estimate of drug-likeness (QED) is 0.200. The van der Waals surface area contributed by atoms with Crippen LogP contribution in [0, 0.1) is 11.8 Å². The van der Waals surface area contributed by atoms with Crippen molar-refractivity contribution < 1.29 is 8.42 Å². The molecule has 0 amide bonds. The number of anilines is 3. The molecule has 7 nitrogen and oxygen atoms in total. The Labute approximate surface area is 230 Å². The van der Waals surface area contributed by atoms with Crippen molar-refractivity contribution in [2.45, 2.75) is 30.6 Å². The lowest BCUT2D eigenvalue weighted by molar-refractivity contribution is 0.284. The number of benzene rings is 2. The van der Waals surface area contributed by atoms with Gasteiger partial charge in [-0.25, -0.2) is 18.1 Å². The Balaban J connectivity index is 1.16. The van der Waals surface area contributed by atoms with Gasteiger partial charge < -0.3 is 10.6 Å². The van der Waals surface area contributed by atoms with Crippen molar-refractivity contribution in [3.63, 3.8) is 0 Å². The van der Waals surface area contributed by atoms with E-state index < -0.39 is 10.0 Å². The number of hydrogen-bond acceptors (Lipinski definition) is 7. The predicted octanol–water partition coefficient (Wildman–Crippen LogP) is 6.94. The van der Waals surface area contributed by atoms with Crippen LogP contribution in [0.25, 0.3) is 10.9 Å². The predicted molar refractivity (Wildman–Crippen MR) is 153 cm³/mol. The minimum Gasteiger partial charge on any atom is -0.354 e. The second-order valence-electron chi connectivity index (χ2n) is 9.21. The van der Waals surface area contributed by atoms with Crippen molar-refractivity contribution in [3.8, 4) is 0 Å². The Morgan fingerprint density at radius 1 is 0.892 bits per heavy atom. The van der Waals surface area contributed by atoms with Crippen LogP contribution in [0.1, 0.15) is 25.7 Å². The Morgan fingerprint density at radius 3 is 2.27 bits per heavy atom. The molecule has 37 heavy (non-hydrogen) atoms. The fourth-order valence-corrected chi connectivity index (χ4v) is 7.86. The Hall–Kier alpha value is -2.43. The van der Waals surface area contributed by atoms with Crippen LogP contribution >= 0.6 is 34.5 Å². The van der Waals surface area contributed by atoms with Gasteiger partial charge >= 0.3 is 0 Å². The lowest BCUT2D eigenvalue weighted by Crippen LogP contribution is -2.32. The van der Waals surface area contributed by atoms with E-state index in [1.165, 1.54) is 6.07 Å². The molecule has 0 bridgehead atoms. The van der Waals surface area contributed by atoms with Crippen molar-refractivity contribution in [3.05, 3.63) is 69.3 Å². The van der Waals surface area contributed by atoms with Crippen molar-refractivity contribution in [2.24, 2.45) is 11.8 Å². The third-order valence-corrected chi connectivity index (χ3v) is 9.81. The Morgan fingerprint density at radius 2 is 1.57 bits per heavy atom. The van der Waals surface area contributed by atoms with Gasteiger partial charge in [-0.05, 0) is 67.9 Å². The van der Waals surface area contributed by atoms with Crippen LogP contribution < -0.4 is 15.4 Å². The van der Waals surface area contributed by atoms with E-state index in [1.54, 1.807) is 0 Å². The maximum atomic E-state index is 12.6. The topological polar surface area (TPSA) is 96.0 Å². The number of para-hydroxylation sites is 2. The molecular weight excluding hydrogens is 549 g/mol. The van der Waals surface area contributed by atoms with Crippen LogP contribution in [-0.2, 0) is 10.0 Å². The number of nitrogens with zero attached hydrogens (tertiary/aromatic N) is 2. The number of rotatable bonds is 9. The fourth-order valence-electron chi connectivity index (χ4n) is 4.60. The number of aromatic nitrogens is 2. The van der Waals surface area contributed by atoms with Crippen LogP contribution in [0.15, 0.2) is 65.6 Å². The van der Waals surface area contributed by atoms with E-state index in [2.05, 4.69) is 15.4 Å². The van der Waals surface area contributed by atoms with E-state index >= 15 is 0 Å². The molecule has 1 saturated carbocycles. The van der Waals surface area contributed by atoms with Gasteiger partial charge in [0.25, 0.3) is 0 Å². The molecule has 5 rings (SSSR count). The van der Waals surface area contributed by atoms with Gasteiger partial charge in [0.05, 0.1) is 9.85 Å². The normalized spacial score (nSPS) is 18.1. The second-order valence-corrected chi connectivity index (χ2v) is 13.2. The summed E-state index contributed by atoms with van der Waals surface area (Å²) < 4.78 is 28.4. The lowest BCUT2D eigenvalue weighted by atomic mass is 9.82. The van der Waals surface area contributed by atoms with E-state index in [-0.39, 0.29) is 15.1 Å². The summed E-state index contributed by atoms with van der Waals surface area (Å²) in [6.45, 7) is 1.17. The highest BCUT2D eigenvalue weighted by Crippen LogP contribution is 2.35. The molecule has 3 N–H and O–H groups in total. The maximum Gasteiger partial charge on any atom is 0.242 e. The molecule has 2 aromatic heterocycles. The highest BCUT2D eigenvalue weighted by atomic mass is 35.5. The zero-order chi connectivity index (χ0) is 25.8. The first-order chi connectivity index (χ1) is 17.9. The van der Waals surface area contributed by atoms with Crippen molar-refractivity contribution in [2.75, 3.05) is 23.7 Å². The first-order valence-corrected chi connectivity index (χ1v) is 15.2. The van der Waals surface area contributed by atoms with Crippen LogP contribution in [0.2, 0.25) is 8.67 Å². The molecule has 194 valence electrons. The number of sulfonamides is 1. The minimum absolute atomic E-state index is 0.0542. The molecule has 0 aliphatic heterocycles. The molecule has 0 spiro atoms. The van der Waals surface area contributed by atoms with E-state index in [0.717, 1.165) is 66.0 Å². The smallest absolute Gasteiger partial charge is 0.242 e. The highest BCUT2D eigenvalue weighted by Gasteiger charge is 2.25. The average molecular weight is 577 g/mol. The summed E-state index contributed by atoms with van der Waals surface area (Å²) in [5.74, 6) is 2.12. The minimum atomic E-state index is -3.66. The maximum absolute atomic E-state index is 12.6. The number of halogens is 2. The summed E-state index contributed by atoms with van der Waals surface area (Å²) in [4.78, 5) is 9.53. The van der Waals surface area contributed by atoms with Crippen LogP contribution in [0.4, 0.5) is 17.5 Å². The molecule has 0 saturated heterocycles. The first-order valence-electron chi connectivity index (χ1n) is 12.1. The van der Waals surface area contributed by atoms with E-state index in [1.807, 2.05) is 54.6 Å². The van der Waals surface area contributed by atoms with Gasteiger partial charge in [0.1, 0.15) is 15.0 Å². The number of fused-ring (bicyclic) bond motifs is 1. The van der Waals surface area contributed by atoms with Gasteiger partial charge in [-0.15, -0.1) is 11.3 Å². The molecule has 1 fully saturated rings. The average Bonchev–Trinajstić information content (AvgIpc) is 3.26. The molecule has 0 atom stereocenters. The van der Waals surface area contributed by atoms with E-state index in [4.69, 9.17) is 33.2 Å². The molecule has 1 aliphatic carbocycles. The van der Waals surface area contributed by atoms with Crippen LogP contribution in [0.5, 0.6) is 0 Å². The fraction of sp³-hybridized carbons (Fsp3) is 0.308. The third kappa shape index (κ3) is 6.53. The van der Waals surface area contributed by atoms with Crippen molar-refractivity contribution in [1.29, 1.82) is 0 Å². The SMILES string of the molecule is O=S(=O)(NCC1CCC(CNc2nc(Nc3ccccc3)c3ccccc3n2)CC1)c1cc(Cl)sc1Cl. The monoisotopic (exact) mass is 575 g/mol. The largest absolute Gasteiger partial charge is 0.354 e. The molecule has 11 heteroatoms. The summed E-state index contributed by atoms with van der Waals surface area (Å²) in [6.07, 6.45) is 3.92. The van der Waals surface area contributed by atoms with Crippen LogP contribution in [0.3, 0.4) is 0 Å². The first kappa shape index (κ1) is 26.2. The molecule has 2 aromatic carbocycles. The zero-order valence-electron chi connectivity index (χ0n) is 20.0. The summed E-state index contributed by atoms with van der Waals surface area (Å²) in [5, 5.41) is 7.81. The summed E-state index contributed by atoms with van der Waals surface area (Å²) in [6, 6.07) is 19.3.